The Bertz CT molecular complexity index is 793. The molecule has 4 nitrogen and oxygen atoms in total. The van der Waals surface area contributed by atoms with E-state index >= 15 is 0 Å². The SMILES string of the molecule is CCCCCCC[C@H]1CC[C@H](OC(=O)c2ccc(-c3ncc(CCCC)cn3)cc2)CC1. The van der Waals surface area contributed by atoms with Gasteiger partial charge in [-0.3, -0.25) is 0 Å². The van der Waals surface area contributed by atoms with E-state index in [0.29, 0.717) is 11.4 Å². The van der Waals surface area contributed by atoms with Crippen molar-refractivity contribution in [2.75, 3.05) is 0 Å². The average molecular weight is 437 g/mol. The first-order valence-corrected chi connectivity index (χ1v) is 12.8. The van der Waals surface area contributed by atoms with E-state index in [1.807, 2.05) is 36.7 Å². The summed E-state index contributed by atoms with van der Waals surface area (Å²) < 4.78 is 5.81. The molecule has 0 atom stereocenters. The van der Waals surface area contributed by atoms with Crippen LogP contribution in [0.4, 0.5) is 0 Å². The molecule has 1 aliphatic carbocycles. The highest BCUT2D eigenvalue weighted by Gasteiger charge is 2.24. The molecule has 0 radical (unpaired) electrons. The zero-order valence-electron chi connectivity index (χ0n) is 20.0. The Labute approximate surface area is 194 Å². The van der Waals surface area contributed by atoms with Crippen LogP contribution in [0.15, 0.2) is 36.7 Å². The largest absolute Gasteiger partial charge is 0.459 e. The predicted molar refractivity (Wildman–Crippen MR) is 131 cm³/mol. The number of aromatic nitrogens is 2. The van der Waals surface area contributed by atoms with E-state index in [1.54, 1.807) is 0 Å². The molecule has 1 aliphatic rings. The lowest BCUT2D eigenvalue weighted by atomic mass is 9.84. The first-order valence-electron chi connectivity index (χ1n) is 12.8. The molecule has 0 aliphatic heterocycles. The summed E-state index contributed by atoms with van der Waals surface area (Å²) in [5, 5.41) is 0. The van der Waals surface area contributed by atoms with Gasteiger partial charge in [-0.1, -0.05) is 70.9 Å². The van der Waals surface area contributed by atoms with Crippen LogP contribution in [0.1, 0.15) is 107 Å². The Balaban J connectivity index is 1.42. The Hall–Kier alpha value is -2.23. The third-order valence-electron chi connectivity index (χ3n) is 6.69. The molecule has 3 rings (SSSR count). The molecule has 1 fully saturated rings. The highest BCUT2D eigenvalue weighted by Crippen LogP contribution is 2.30. The topological polar surface area (TPSA) is 52.1 Å². The smallest absolute Gasteiger partial charge is 0.338 e. The summed E-state index contributed by atoms with van der Waals surface area (Å²) in [4.78, 5) is 21.6. The summed E-state index contributed by atoms with van der Waals surface area (Å²) in [6.07, 6.45) is 19.7. The van der Waals surface area contributed by atoms with Crippen LogP contribution in [0, 0.1) is 5.92 Å². The third-order valence-corrected chi connectivity index (χ3v) is 6.69. The van der Waals surface area contributed by atoms with Crippen LogP contribution in [0.3, 0.4) is 0 Å². The molecule has 1 aromatic carbocycles. The number of nitrogens with zero attached hydrogens (tertiary/aromatic N) is 2. The van der Waals surface area contributed by atoms with Crippen molar-refractivity contribution >= 4 is 5.97 Å². The molecule has 0 unspecified atom stereocenters. The van der Waals surface area contributed by atoms with Gasteiger partial charge in [-0.15, -0.1) is 0 Å². The molecule has 0 amide bonds. The van der Waals surface area contributed by atoms with Crippen molar-refractivity contribution in [2.24, 2.45) is 5.92 Å². The van der Waals surface area contributed by atoms with Crippen molar-refractivity contribution < 1.29 is 9.53 Å². The van der Waals surface area contributed by atoms with Gasteiger partial charge >= 0.3 is 5.97 Å². The summed E-state index contributed by atoms with van der Waals surface area (Å²) >= 11 is 0. The zero-order chi connectivity index (χ0) is 22.6. The van der Waals surface area contributed by atoms with Crippen molar-refractivity contribution in [3.8, 4) is 11.4 Å². The van der Waals surface area contributed by atoms with Gasteiger partial charge < -0.3 is 4.74 Å². The standard InChI is InChI=1S/C28H40N2O2/c1-3-5-7-8-9-11-22-12-18-26(19-13-22)32-28(31)25-16-14-24(15-17-25)27-29-20-23(21-30-27)10-6-4-2/h14-17,20-22,26H,3-13,18-19H2,1-2H3/t22-,26-. The predicted octanol–water partition coefficient (Wildman–Crippen LogP) is 7.56. The quantitative estimate of drug-likeness (QED) is 0.254. The van der Waals surface area contributed by atoms with Crippen molar-refractivity contribution in [1.82, 2.24) is 9.97 Å². The number of rotatable bonds is 12. The molecule has 32 heavy (non-hydrogen) atoms. The Kier molecular flexibility index (Phi) is 10.2. The molecule has 2 aromatic rings. The van der Waals surface area contributed by atoms with E-state index in [0.717, 1.165) is 37.2 Å². The monoisotopic (exact) mass is 436 g/mol. The van der Waals surface area contributed by atoms with Gasteiger partial charge in [0.05, 0.1) is 5.56 Å². The van der Waals surface area contributed by atoms with Gasteiger partial charge in [-0.05, 0) is 62.1 Å². The van der Waals surface area contributed by atoms with Crippen molar-refractivity contribution in [1.29, 1.82) is 0 Å². The van der Waals surface area contributed by atoms with Gasteiger partial charge in [0.2, 0.25) is 0 Å². The number of hydrogen-bond donors (Lipinski definition) is 0. The summed E-state index contributed by atoms with van der Waals surface area (Å²) in [5.41, 5.74) is 2.69. The zero-order valence-corrected chi connectivity index (χ0v) is 20.0. The molecule has 0 spiro atoms. The summed E-state index contributed by atoms with van der Waals surface area (Å²) in [7, 11) is 0. The molecule has 0 saturated heterocycles. The van der Waals surface area contributed by atoms with Crippen LogP contribution in [0.2, 0.25) is 0 Å². The van der Waals surface area contributed by atoms with Crippen molar-refractivity contribution in [3.05, 3.63) is 47.8 Å². The number of ether oxygens (including phenoxy) is 1. The van der Waals surface area contributed by atoms with E-state index in [1.165, 1.54) is 63.4 Å². The minimum atomic E-state index is -0.213. The van der Waals surface area contributed by atoms with Crippen LogP contribution in [0.5, 0.6) is 0 Å². The van der Waals surface area contributed by atoms with E-state index in [-0.39, 0.29) is 12.1 Å². The molecule has 0 N–H and O–H groups in total. The molecule has 4 heteroatoms. The maximum Gasteiger partial charge on any atom is 0.338 e. The van der Waals surface area contributed by atoms with E-state index < -0.39 is 0 Å². The second kappa shape index (κ2) is 13.3. The minimum Gasteiger partial charge on any atom is -0.459 e. The second-order valence-electron chi connectivity index (χ2n) is 9.35. The van der Waals surface area contributed by atoms with Gasteiger partial charge in [0.1, 0.15) is 6.10 Å². The first-order chi connectivity index (χ1) is 15.7. The lowest BCUT2D eigenvalue weighted by Crippen LogP contribution is -2.24. The lowest BCUT2D eigenvalue weighted by molar-refractivity contribution is 0.0161. The van der Waals surface area contributed by atoms with Crippen LogP contribution < -0.4 is 0 Å². The first kappa shape index (κ1) is 24.4. The molecule has 174 valence electrons. The van der Waals surface area contributed by atoms with E-state index in [4.69, 9.17) is 4.74 Å². The Morgan fingerprint density at radius 3 is 2.19 bits per heavy atom. The number of unbranched alkanes of at least 4 members (excludes halogenated alkanes) is 5. The fraction of sp³-hybridized carbons (Fsp3) is 0.607. The third kappa shape index (κ3) is 7.72. The van der Waals surface area contributed by atoms with Gasteiger partial charge in [-0.2, -0.15) is 0 Å². The minimum absolute atomic E-state index is 0.0671. The summed E-state index contributed by atoms with van der Waals surface area (Å²) in [6, 6.07) is 7.47. The fourth-order valence-corrected chi connectivity index (χ4v) is 4.56. The molecular formula is C28H40N2O2. The van der Waals surface area contributed by atoms with E-state index in [9.17, 15) is 4.79 Å². The number of carbonyl (C=O) groups excluding carboxylic acids is 1. The molecule has 0 bridgehead atoms. The number of esters is 1. The fourth-order valence-electron chi connectivity index (χ4n) is 4.56. The maximum absolute atomic E-state index is 12.6. The van der Waals surface area contributed by atoms with Crippen LogP contribution >= 0.6 is 0 Å². The molecule has 1 heterocycles. The molecular weight excluding hydrogens is 396 g/mol. The summed E-state index contributed by atoms with van der Waals surface area (Å²) in [6.45, 7) is 4.45. The number of carbonyl (C=O) groups is 1. The maximum atomic E-state index is 12.6. The normalized spacial score (nSPS) is 18.4. The Morgan fingerprint density at radius 1 is 0.875 bits per heavy atom. The second-order valence-corrected chi connectivity index (χ2v) is 9.35. The molecule has 1 aromatic heterocycles. The highest BCUT2D eigenvalue weighted by atomic mass is 16.5. The van der Waals surface area contributed by atoms with Crippen LogP contribution in [-0.2, 0) is 11.2 Å². The number of benzene rings is 1. The van der Waals surface area contributed by atoms with Crippen LogP contribution in [0.25, 0.3) is 11.4 Å². The van der Waals surface area contributed by atoms with Gasteiger partial charge in [0.25, 0.3) is 0 Å². The van der Waals surface area contributed by atoms with Crippen molar-refractivity contribution in [2.45, 2.75) is 103 Å². The van der Waals surface area contributed by atoms with Gasteiger partial charge in [-0.25, -0.2) is 14.8 Å². The summed E-state index contributed by atoms with van der Waals surface area (Å²) in [5.74, 6) is 1.30. The lowest BCUT2D eigenvalue weighted by Gasteiger charge is -2.28. The Morgan fingerprint density at radius 2 is 1.53 bits per heavy atom. The van der Waals surface area contributed by atoms with Crippen LogP contribution in [-0.4, -0.2) is 22.0 Å². The molecule has 1 saturated carbocycles. The van der Waals surface area contributed by atoms with Crippen molar-refractivity contribution in [3.63, 3.8) is 0 Å². The number of hydrogen-bond acceptors (Lipinski definition) is 4. The number of aryl methyl sites for hydroxylation is 1. The van der Waals surface area contributed by atoms with Gasteiger partial charge in [0.15, 0.2) is 5.82 Å². The van der Waals surface area contributed by atoms with Gasteiger partial charge in [0, 0.05) is 18.0 Å². The average Bonchev–Trinajstić information content (AvgIpc) is 2.84. The highest BCUT2D eigenvalue weighted by molar-refractivity contribution is 5.90. The van der Waals surface area contributed by atoms with E-state index in [2.05, 4.69) is 23.8 Å².